The highest BCUT2D eigenvalue weighted by Gasteiger charge is 2.32. The molecule has 3 N–H and O–H groups in total. The zero-order chi connectivity index (χ0) is 51.4. The number of allylic oxidation sites excluding steroid dienone is 1. The van der Waals surface area contributed by atoms with Crippen molar-refractivity contribution in [1.29, 1.82) is 0 Å². The van der Waals surface area contributed by atoms with Crippen LogP contribution in [0, 0.1) is 5.41 Å². The van der Waals surface area contributed by atoms with E-state index in [1.807, 2.05) is 36.4 Å². The van der Waals surface area contributed by atoms with E-state index >= 15 is 0 Å². The van der Waals surface area contributed by atoms with Crippen molar-refractivity contribution in [3.05, 3.63) is 107 Å². The van der Waals surface area contributed by atoms with Crippen molar-refractivity contribution in [2.75, 3.05) is 95.9 Å². The Morgan fingerprint density at radius 3 is 2.32 bits per heavy atom. The fourth-order valence-corrected chi connectivity index (χ4v) is 11.4. The first-order chi connectivity index (χ1) is 35.2. The summed E-state index contributed by atoms with van der Waals surface area (Å²) in [7, 11) is 1.42. The van der Waals surface area contributed by atoms with Crippen molar-refractivity contribution in [2.45, 2.75) is 86.9 Å². The van der Waals surface area contributed by atoms with E-state index in [-0.39, 0.29) is 33.6 Å². The number of H-pyrrole nitrogens is 1. The third-order valence-electron chi connectivity index (χ3n) is 14.0. The maximum atomic E-state index is 14.0. The maximum absolute atomic E-state index is 14.0. The molecule has 1 aliphatic carbocycles. The number of aromatic nitrogens is 2. The van der Waals surface area contributed by atoms with Gasteiger partial charge < -0.3 is 34.5 Å². The van der Waals surface area contributed by atoms with Gasteiger partial charge in [-0.1, -0.05) is 56.0 Å². The first-order valence-corrected chi connectivity index (χ1v) is 27.5. The molecule has 2 aromatic heterocycles. The quantitative estimate of drug-likeness (QED) is 0.0265. The number of piperazine rings is 2. The number of ether oxygens (including phenoxy) is 2. The lowest BCUT2D eigenvalue weighted by atomic mass is 9.72. The number of nitrogens with zero attached hydrogens (tertiary/aromatic N) is 5. The van der Waals surface area contributed by atoms with Crippen molar-refractivity contribution in [3.63, 3.8) is 0 Å². The summed E-state index contributed by atoms with van der Waals surface area (Å²) < 4.78 is 55.8. The van der Waals surface area contributed by atoms with Crippen molar-refractivity contribution < 1.29 is 32.2 Å². The molecule has 73 heavy (non-hydrogen) atoms. The maximum Gasteiger partial charge on any atom is 0.446 e. The number of methoxy groups -OCH3 is 1. The van der Waals surface area contributed by atoms with Gasteiger partial charge >= 0.3 is 11.5 Å². The molecule has 3 aliphatic rings. The Kier molecular flexibility index (Phi) is 19.0. The van der Waals surface area contributed by atoms with E-state index in [1.54, 1.807) is 30.6 Å². The molecule has 0 bridgehead atoms. The van der Waals surface area contributed by atoms with Gasteiger partial charge in [0.05, 0.1) is 18.9 Å². The molecule has 2 fully saturated rings. The Bertz CT molecular complexity index is 2670. The van der Waals surface area contributed by atoms with E-state index in [0.717, 1.165) is 151 Å². The number of aromatic amines is 1. The normalized spacial score (nSPS) is 17.0. The number of unbranched alkanes of at least 4 members (excludes halogenated alkanes) is 3. The standard InChI is InChI=1S/C55H68ClF3N8O4S2/c1-54(2)20-18-41(47(36-54)39-10-12-42(56)13-11-39)38-66-29-31-67(32-30-66)43-14-16-46(49(34-43)71-44-33-40-19-22-61-52(40)62-37-44)53(69)63-73-45-15-17-48(50(35-45)72-55(57,58)59)60-21-8-24-65-27-25-64(26-28-65)23-7-5-4-6-9-51(68)70-3/h10-17,19,22,33-35,37,60H,4-9,18,20-21,23-32,36,38H2,1-3H3,(H,61,62)(H,63,69). The number of carbonyl (C=O) groups is 2. The number of fused-ring (bicyclic) bond motifs is 1. The number of amides is 1. The second-order valence-electron chi connectivity index (χ2n) is 20.0. The zero-order valence-electron chi connectivity index (χ0n) is 42.1. The van der Waals surface area contributed by atoms with Gasteiger partial charge in [-0.15, -0.1) is 0 Å². The van der Waals surface area contributed by atoms with Gasteiger partial charge in [-0.2, -0.15) is 13.2 Å². The highest BCUT2D eigenvalue weighted by Crippen LogP contribution is 2.44. The van der Waals surface area contributed by atoms with E-state index in [4.69, 9.17) is 21.1 Å². The van der Waals surface area contributed by atoms with Gasteiger partial charge in [0.2, 0.25) is 0 Å². The summed E-state index contributed by atoms with van der Waals surface area (Å²) in [5.41, 5.74) is 2.22. The van der Waals surface area contributed by atoms with E-state index in [1.165, 1.54) is 29.9 Å². The lowest BCUT2D eigenvalue weighted by Crippen LogP contribution is -2.47. The number of pyridine rings is 1. The minimum absolute atomic E-state index is 0.0354. The second kappa shape index (κ2) is 25.6. The molecule has 5 aromatic rings. The van der Waals surface area contributed by atoms with E-state index in [9.17, 15) is 22.8 Å². The minimum Gasteiger partial charge on any atom is -0.469 e. The van der Waals surface area contributed by atoms with E-state index in [2.05, 4.69) is 65.6 Å². The van der Waals surface area contributed by atoms with Crippen molar-refractivity contribution in [3.8, 4) is 11.5 Å². The number of alkyl halides is 3. The molecular formula is C55H68ClF3N8O4S2. The summed E-state index contributed by atoms with van der Waals surface area (Å²) in [4.78, 5) is 43.1. The van der Waals surface area contributed by atoms with E-state index in [0.29, 0.717) is 40.7 Å². The Morgan fingerprint density at radius 2 is 1.58 bits per heavy atom. The molecule has 0 unspecified atom stereocenters. The lowest BCUT2D eigenvalue weighted by Gasteiger charge is -2.39. The molecule has 0 atom stereocenters. The number of rotatable bonds is 22. The number of thioether (sulfide) groups is 1. The highest BCUT2D eigenvalue weighted by molar-refractivity contribution is 8.00. The first-order valence-electron chi connectivity index (χ1n) is 25.5. The number of hydrogen-bond acceptors (Lipinski definition) is 12. The smallest absolute Gasteiger partial charge is 0.446 e. The molecule has 0 spiro atoms. The number of esters is 1. The summed E-state index contributed by atoms with van der Waals surface area (Å²) in [6.45, 7) is 15.2. The van der Waals surface area contributed by atoms with Gasteiger partial charge in [0, 0.05) is 116 Å². The highest BCUT2D eigenvalue weighted by atomic mass is 35.5. The number of hydrogen-bond donors (Lipinski definition) is 3. The summed E-state index contributed by atoms with van der Waals surface area (Å²) >= 11 is 7.06. The van der Waals surface area contributed by atoms with Crippen LogP contribution in [0.4, 0.5) is 24.5 Å². The topological polar surface area (TPSA) is 118 Å². The molecule has 2 aliphatic heterocycles. The van der Waals surface area contributed by atoms with Crippen LogP contribution in [-0.4, -0.2) is 128 Å². The number of benzene rings is 3. The molecule has 1 amide bonds. The fourth-order valence-electron chi connectivity index (χ4n) is 9.88. The van der Waals surface area contributed by atoms with Gasteiger partial charge in [0.15, 0.2) is 0 Å². The van der Waals surface area contributed by atoms with Gasteiger partial charge in [0.1, 0.15) is 17.1 Å². The van der Waals surface area contributed by atoms with E-state index < -0.39 is 11.4 Å². The number of carbonyl (C=O) groups excluding carboxylic acids is 2. The van der Waals surface area contributed by atoms with Gasteiger partial charge in [-0.3, -0.25) is 19.2 Å². The molecular weight excluding hydrogens is 993 g/mol. The molecule has 18 heteroatoms. The third kappa shape index (κ3) is 16.0. The monoisotopic (exact) mass is 1060 g/mol. The Balaban J connectivity index is 0.869. The Hall–Kier alpha value is -4.91. The number of halogens is 4. The molecule has 4 heterocycles. The summed E-state index contributed by atoms with van der Waals surface area (Å²) in [5, 5.41) is 4.84. The number of nitrogens with one attached hydrogen (secondary N) is 3. The lowest BCUT2D eigenvalue weighted by molar-refractivity contribution is -0.140. The summed E-state index contributed by atoms with van der Waals surface area (Å²) in [5.74, 6) is 0.199. The second-order valence-corrected chi connectivity index (χ2v) is 22.4. The summed E-state index contributed by atoms with van der Waals surface area (Å²) in [6, 6.07) is 22.4. The van der Waals surface area contributed by atoms with Crippen LogP contribution in [0.3, 0.4) is 0 Å². The average Bonchev–Trinajstić information content (AvgIpc) is 3.85. The van der Waals surface area contributed by atoms with Gasteiger partial charge in [0.25, 0.3) is 5.91 Å². The average molecular weight is 1060 g/mol. The predicted molar refractivity (Wildman–Crippen MR) is 290 cm³/mol. The third-order valence-corrected chi connectivity index (χ3v) is 15.9. The van der Waals surface area contributed by atoms with Gasteiger partial charge in [-0.25, -0.2) is 4.98 Å². The molecule has 3 aromatic carbocycles. The Morgan fingerprint density at radius 1 is 0.849 bits per heavy atom. The van der Waals surface area contributed by atoms with Gasteiger partial charge in [-0.05, 0) is 146 Å². The van der Waals surface area contributed by atoms with Crippen molar-refractivity contribution >= 4 is 75.2 Å². The van der Waals surface area contributed by atoms with Crippen LogP contribution in [0.25, 0.3) is 16.6 Å². The number of anilines is 2. The predicted octanol–water partition coefficient (Wildman–Crippen LogP) is 12.4. The molecule has 8 rings (SSSR count). The van der Waals surface area contributed by atoms with Crippen molar-refractivity contribution in [1.82, 2.24) is 29.4 Å². The largest absolute Gasteiger partial charge is 0.469 e. The first kappa shape index (κ1) is 54.4. The molecule has 392 valence electrons. The summed E-state index contributed by atoms with van der Waals surface area (Å²) in [6.07, 6.45) is 12.0. The molecule has 0 saturated carbocycles. The van der Waals surface area contributed by atoms with Crippen molar-refractivity contribution in [2.24, 2.45) is 5.41 Å². The van der Waals surface area contributed by atoms with Crippen LogP contribution in [-0.2, 0) is 9.53 Å². The minimum atomic E-state index is -4.50. The van der Waals surface area contributed by atoms with Crippen LogP contribution < -0.4 is 19.7 Å². The van der Waals surface area contributed by atoms with Crippen LogP contribution in [0.5, 0.6) is 11.5 Å². The molecule has 12 nitrogen and oxygen atoms in total. The molecule has 0 radical (unpaired) electrons. The van der Waals surface area contributed by atoms with Crippen LogP contribution in [0.2, 0.25) is 5.02 Å². The Labute approximate surface area is 441 Å². The van der Waals surface area contributed by atoms with Crippen LogP contribution >= 0.6 is 35.3 Å². The molecule has 2 saturated heterocycles. The fraction of sp³-hybridized carbons (Fsp3) is 0.473. The van der Waals surface area contributed by atoms with Crippen LogP contribution in [0.1, 0.15) is 87.6 Å². The SMILES string of the molecule is COC(=O)CCCCCCN1CCN(CCCNc2ccc(SNC(=O)c3ccc(N4CCN(CC5=C(c6ccc(Cl)cc6)CC(C)(C)CC5)CC4)cc3Oc3cnc4[nH]ccc4c3)cc2SC(F)(F)F)CC1. The van der Waals surface area contributed by atoms with Crippen LogP contribution in [0.15, 0.2) is 101 Å². The zero-order valence-corrected chi connectivity index (χ0v) is 44.5.